The molecule has 0 radical (unpaired) electrons. The maximum absolute atomic E-state index is 14.1. The van der Waals surface area contributed by atoms with Crippen molar-refractivity contribution in [1.82, 2.24) is 48.4 Å². The molecular weight excluding hydrogens is 1360 g/mol. The number of carbonyl (C=O) groups excluding carboxylic acids is 3. The molecule has 528 valence electrons. The lowest BCUT2D eigenvalue weighted by molar-refractivity contribution is -0.179. The molecule has 39 heteroatoms. The minimum absolute atomic E-state index is 0.0451. The molecular formula is C56H74F6N10O19S4. The minimum atomic E-state index is -3.63. The average Bonchev–Trinajstić information content (AvgIpc) is 1.70. The highest BCUT2D eigenvalue weighted by molar-refractivity contribution is 8.01. The predicted octanol–water partition coefficient (Wildman–Crippen LogP) is 1.45. The zero-order valence-electron chi connectivity index (χ0n) is 52.2. The summed E-state index contributed by atoms with van der Waals surface area (Å²) in [4.78, 5) is 66.6. The molecule has 2 aromatic carbocycles. The number of aromatic nitrogens is 6. The summed E-state index contributed by atoms with van der Waals surface area (Å²) in [6.07, 6.45) is -3.26. The van der Waals surface area contributed by atoms with Crippen LogP contribution >= 0.6 is 23.5 Å². The van der Waals surface area contributed by atoms with Gasteiger partial charge in [0.25, 0.3) is 0 Å². The molecule has 6 heterocycles. The van der Waals surface area contributed by atoms with E-state index in [-0.39, 0.29) is 87.5 Å². The Kier molecular flexibility index (Phi) is 25.0. The van der Waals surface area contributed by atoms with Crippen LogP contribution in [-0.4, -0.2) is 267 Å². The van der Waals surface area contributed by atoms with Gasteiger partial charge in [0.2, 0.25) is 31.9 Å². The van der Waals surface area contributed by atoms with Crippen LogP contribution in [0.1, 0.15) is 71.4 Å². The van der Waals surface area contributed by atoms with Gasteiger partial charge < -0.3 is 59.8 Å². The Bertz CT molecular complexity index is 3620. The minimum Gasteiger partial charge on any atom is -0.481 e. The van der Waals surface area contributed by atoms with E-state index in [1.807, 2.05) is 0 Å². The molecule has 7 N–H and O–H groups in total. The predicted molar refractivity (Wildman–Crippen MR) is 324 cm³/mol. The highest BCUT2D eigenvalue weighted by Crippen LogP contribution is 2.50. The Hall–Kier alpha value is -6.11. The molecule has 0 saturated carbocycles. The number of esters is 1. The number of hydrogen-bond acceptors (Lipinski definition) is 23. The second-order valence-electron chi connectivity index (χ2n) is 23.5. The molecule has 0 spiro atoms. The van der Waals surface area contributed by atoms with Crippen LogP contribution in [0.4, 0.5) is 26.3 Å². The number of nitrogens with zero attached hydrogens (tertiary/aromatic N) is 10. The lowest BCUT2D eigenvalue weighted by atomic mass is 9.79. The van der Waals surface area contributed by atoms with Crippen molar-refractivity contribution in [2.75, 3.05) is 79.1 Å². The Balaban J connectivity index is 0.000000273. The van der Waals surface area contributed by atoms with Crippen LogP contribution < -0.4 is 0 Å². The molecule has 2 amide bonds. The molecule has 8 rings (SSSR count). The van der Waals surface area contributed by atoms with Gasteiger partial charge in [-0.1, -0.05) is 10.4 Å². The molecule has 4 aromatic rings. The number of ether oxygens (including phenoxy) is 3. The molecule has 0 bridgehead atoms. The monoisotopic (exact) mass is 1430 g/mol. The first-order chi connectivity index (χ1) is 44.4. The summed E-state index contributed by atoms with van der Waals surface area (Å²) in [6, 6.07) is 0.138. The zero-order chi connectivity index (χ0) is 70.6. The van der Waals surface area contributed by atoms with Crippen LogP contribution in [0, 0.1) is 46.7 Å². The molecule has 0 aliphatic carbocycles. The van der Waals surface area contributed by atoms with Crippen molar-refractivity contribution in [3.63, 3.8) is 0 Å². The maximum atomic E-state index is 14.1. The van der Waals surface area contributed by atoms with E-state index in [1.165, 1.54) is 34.4 Å². The number of halogens is 6. The Morgan fingerprint density at radius 1 is 0.642 bits per heavy atom. The van der Waals surface area contributed by atoms with Gasteiger partial charge in [-0.25, -0.2) is 61.2 Å². The van der Waals surface area contributed by atoms with Crippen molar-refractivity contribution < 1.29 is 117 Å². The number of carbonyl (C=O) groups is 5. The lowest BCUT2D eigenvalue weighted by Gasteiger charge is -2.48. The summed E-state index contributed by atoms with van der Waals surface area (Å²) >= 11 is 1.52. The number of amides is 2. The number of piperidine rings is 2. The van der Waals surface area contributed by atoms with Gasteiger partial charge in [-0.3, -0.25) is 24.0 Å². The number of rotatable bonds is 23. The van der Waals surface area contributed by atoms with Crippen molar-refractivity contribution in [3.8, 4) is 22.5 Å². The van der Waals surface area contributed by atoms with Crippen LogP contribution in [0.3, 0.4) is 0 Å². The lowest BCUT2D eigenvalue weighted by Crippen LogP contribution is -2.59. The van der Waals surface area contributed by atoms with Gasteiger partial charge in [-0.2, -0.15) is 0 Å². The highest BCUT2D eigenvalue weighted by atomic mass is 32.2. The largest absolute Gasteiger partial charge is 0.481 e. The number of hydrogen-bond donors (Lipinski definition) is 7. The smallest absolute Gasteiger partial charge is 0.303 e. The van der Waals surface area contributed by atoms with E-state index in [2.05, 4.69) is 20.6 Å². The SMILES string of the molecule is CCN(C)C(=O)C(S[C@@H]1O[C@@H](COC(C)=O)[C@H](CC(=O)O)[C@H](n2cc(-c3cc(F)c(F)c(F)c3)nn2)[C@H]1CC(=O)O)C1(O)CCN(S(C)(=O)=O)CC1.CCN(C)C(=O)C(S[C@@H]1O[C@H](CO)[C@H](O)[C@H](n2cc(-c3cc(F)c(F)c(F)c3)nn2)[C@H]1O)C1(O)CCN(S(C)(=O)=O)CC1. The van der Waals surface area contributed by atoms with E-state index in [1.54, 1.807) is 13.8 Å². The summed E-state index contributed by atoms with van der Waals surface area (Å²) in [6.45, 7) is 3.43. The Labute approximate surface area is 549 Å². The number of carboxylic acid groups (broad SMARTS) is 2. The number of thioether (sulfide) groups is 2. The fourth-order valence-corrected chi connectivity index (χ4v) is 16.6. The Morgan fingerprint density at radius 3 is 1.39 bits per heavy atom. The van der Waals surface area contributed by atoms with Crippen LogP contribution in [-0.2, 0) is 58.2 Å². The quantitative estimate of drug-likeness (QED) is 0.0314. The highest BCUT2D eigenvalue weighted by Gasteiger charge is 2.56. The summed E-state index contributed by atoms with van der Waals surface area (Å²) in [7, 11) is -4.16. The third-order valence-corrected chi connectivity index (χ3v) is 22.9. The van der Waals surface area contributed by atoms with Gasteiger partial charge in [0.05, 0.1) is 67.7 Å². The van der Waals surface area contributed by atoms with Crippen molar-refractivity contribution in [3.05, 3.63) is 71.6 Å². The number of aliphatic carboxylic acids is 2. The molecule has 29 nitrogen and oxygen atoms in total. The first-order valence-corrected chi connectivity index (χ1v) is 35.1. The molecule has 4 aliphatic heterocycles. The number of aliphatic hydroxyl groups excluding tert-OH is 3. The van der Waals surface area contributed by atoms with Gasteiger partial charge in [0, 0.05) is 83.3 Å². The molecule has 4 fully saturated rings. The molecule has 12 atom stereocenters. The third-order valence-electron chi connectivity index (χ3n) is 17.1. The van der Waals surface area contributed by atoms with Gasteiger partial charge >= 0.3 is 17.9 Å². The van der Waals surface area contributed by atoms with E-state index in [9.17, 15) is 103 Å². The fraction of sp³-hybridized carbons (Fsp3) is 0.625. The first-order valence-electron chi connectivity index (χ1n) is 29.5. The maximum Gasteiger partial charge on any atom is 0.303 e. The van der Waals surface area contributed by atoms with Gasteiger partial charge in [-0.15, -0.1) is 33.7 Å². The van der Waals surface area contributed by atoms with Gasteiger partial charge in [-0.05, 0) is 63.8 Å². The topological polar surface area (TPSA) is 397 Å². The van der Waals surface area contributed by atoms with Crippen LogP contribution in [0.5, 0.6) is 0 Å². The molecule has 4 aliphatic rings. The van der Waals surface area contributed by atoms with Crippen LogP contribution in [0.2, 0.25) is 0 Å². The van der Waals surface area contributed by atoms with E-state index in [4.69, 9.17) is 14.2 Å². The van der Waals surface area contributed by atoms with Crippen molar-refractivity contribution in [1.29, 1.82) is 0 Å². The average molecular weight is 1430 g/mol. The zero-order valence-corrected chi connectivity index (χ0v) is 55.5. The standard InChI is InChI=1S/C31H40F3N5O11S2.C25H34F3N5O8S2/c1-5-37(3)29(45)28(31(46)6-8-38(9-7-31)52(4,47)48)51-30-19(13-25(43)44)27(18(12-24(41)42)23(50-30)15-49-16(2)40)39-14-22(35-36-39)17-10-20(32)26(34)21(33)11-17;1-4-31(2)23(37)22(25(38)5-7-32(8-6-25)43(3,39)40)42-24-21(36)19(20(35)17(12-34)41-24)33-11-16(29-30-33)13-9-14(26)18(28)15(27)10-13/h10-11,14,18-19,23,27-28,30,46H,5-9,12-13,15H2,1-4H3,(H,41,42)(H,43,44);9-11,17,19-22,24,34-36,38H,4-8,12H2,1-3H3/t18-,19+,23-,27-,28?,30-;17-,19+,20+,21-,22?,24+/m01/s1. The summed E-state index contributed by atoms with van der Waals surface area (Å²) < 4.78 is 153. The number of sulfonamides is 2. The Morgan fingerprint density at radius 2 is 1.02 bits per heavy atom. The molecule has 4 saturated heterocycles. The second-order valence-corrected chi connectivity index (χ2v) is 29.9. The third kappa shape index (κ3) is 17.8. The van der Waals surface area contributed by atoms with Gasteiger partial charge in [0.15, 0.2) is 34.9 Å². The fourth-order valence-electron chi connectivity index (χ4n) is 11.6. The first kappa shape index (κ1) is 76.3. The van der Waals surface area contributed by atoms with E-state index >= 15 is 0 Å². The van der Waals surface area contributed by atoms with Crippen LogP contribution in [0.25, 0.3) is 22.5 Å². The number of aliphatic hydroxyl groups is 5. The van der Waals surface area contributed by atoms with Crippen molar-refractivity contribution in [2.45, 2.75) is 128 Å². The van der Waals surface area contributed by atoms with Crippen molar-refractivity contribution >= 4 is 73.3 Å². The van der Waals surface area contributed by atoms with E-state index in [0.29, 0.717) is 24.3 Å². The second kappa shape index (κ2) is 31.2. The molecule has 2 unspecified atom stereocenters. The van der Waals surface area contributed by atoms with E-state index in [0.717, 1.165) is 62.8 Å². The number of carboxylic acids is 2. The normalized spacial score (nSPS) is 25.5. The van der Waals surface area contributed by atoms with E-state index < -0.39 is 192 Å². The van der Waals surface area contributed by atoms with Crippen LogP contribution in [0.15, 0.2) is 36.7 Å². The van der Waals surface area contributed by atoms with Crippen molar-refractivity contribution in [2.24, 2.45) is 11.8 Å². The summed E-state index contributed by atoms with van der Waals surface area (Å²) in [5.74, 6) is -16.3. The molecule has 95 heavy (non-hydrogen) atoms. The molecule has 2 aromatic heterocycles. The summed E-state index contributed by atoms with van der Waals surface area (Å²) in [5.41, 5.74) is -6.88. The summed E-state index contributed by atoms with van der Waals surface area (Å²) in [5, 5.41) is 89.0. The number of benzene rings is 2. The van der Waals surface area contributed by atoms with Gasteiger partial charge in [0.1, 0.15) is 63.7 Å².